The fourth-order valence-corrected chi connectivity index (χ4v) is 3.61. The average molecular weight is 335 g/mol. The molecule has 8 nitrogen and oxygen atoms in total. The highest BCUT2D eigenvalue weighted by molar-refractivity contribution is 7.89. The first kappa shape index (κ1) is 15.7. The Labute approximate surface area is 124 Å². The van der Waals surface area contributed by atoms with Crippen LogP contribution in [0.5, 0.6) is 0 Å². The summed E-state index contributed by atoms with van der Waals surface area (Å²) in [5.41, 5.74) is 0.863. The standard InChI is InChI=1S/C11H11ClN2O6S/c12-6-3-7-5(2-10(16)13-7)1-9(6)21(19,20)14-8(4-15)11(17)18/h1,3,8,14-15H,2,4H2,(H,13,16)(H,17,18). The van der Waals surface area contributed by atoms with Crippen LogP contribution >= 0.6 is 11.6 Å². The number of aliphatic carboxylic acids is 1. The van der Waals surface area contributed by atoms with E-state index in [1.807, 2.05) is 4.72 Å². The zero-order valence-electron chi connectivity index (χ0n) is 10.5. The molecule has 1 aromatic carbocycles. The van der Waals surface area contributed by atoms with Gasteiger partial charge in [0.1, 0.15) is 10.9 Å². The highest BCUT2D eigenvalue weighted by Gasteiger charge is 2.29. The third-order valence-electron chi connectivity index (χ3n) is 2.85. The van der Waals surface area contributed by atoms with Crippen LogP contribution in [0.3, 0.4) is 0 Å². The number of halogens is 1. The molecule has 1 unspecified atom stereocenters. The molecule has 0 saturated heterocycles. The van der Waals surface area contributed by atoms with Crippen molar-refractivity contribution in [3.05, 3.63) is 22.7 Å². The summed E-state index contributed by atoms with van der Waals surface area (Å²) in [6, 6.07) is 0.804. The largest absolute Gasteiger partial charge is 0.480 e. The highest BCUT2D eigenvalue weighted by Crippen LogP contribution is 2.32. The number of sulfonamides is 1. The maximum absolute atomic E-state index is 12.1. The molecule has 0 fully saturated rings. The van der Waals surface area contributed by atoms with Crippen LogP contribution in [-0.2, 0) is 26.0 Å². The molecule has 0 bridgehead atoms. The molecule has 1 amide bonds. The maximum atomic E-state index is 12.1. The molecule has 0 aromatic heterocycles. The summed E-state index contributed by atoms with van der Waals surface area (Å²) in [4.78, 5) is 21.7. The van der Waals surface area contributed by atoms with Crippen molar-refractivity contribution in [2.45, 2.75) is 17.4 Å². The van der Waals surface area contributed by atoms with Crippen LogP contribution < -0.4 is 10.0 Å². The lowest BCUT2D eigenvalue weighted by Crippen LogP contribution is -2.43. The first-order valence-corrected chi connectivity index (χ1v) is 7.59. The molecule has 114 valence electrons. The number of rotatable bonds is 5. The Bertz CT molecular complexity index is 718. The van der Waals surface area contributed by atoms with E-state index in [0.29, 0.717) is 11.3 Å². The van der Waals surface area contributed by atoms with Gasteiger partial charge in [-0.2, -0.15) is 4.72 Å². The molecule has 2 rings (SSSR count). The summed E-state index contributed by atoms with van der Waals surface area (Å²) >= 11 is 5.87. The molecule has 21 heavy (non-hydrogen) atoms. The maximum Gasteiger partial charge on any atom is 0.324 e. The van der Waals surface area contributed by atoms with Gasteiger partial charge in [-0.3, -0.25) is 9.59 Å². The van der Waals surface area contributed by atoms with Gasteiger partial charge in [0, 0.05) is 5.69 Å². The van der Waals surface area contributed by atoms with E-state index in [4.69, 9.17) is 21.8 Å². The molecule has 1 aliphatic rings. The van der Waals surface area contributed by atoms with Gasteiger partial charge in [-0.15, -0.1) is 0 Å². The molecule has 0 radical (unpaired) electrons. The fourth-order valence-electron chi connectivity index (χ4n) is 1.85. The minimum absolute atomic E-state index is 0.0113. The number of anilines is 1. The Balaban J connectivity index is 2.39. The van der Waals surface area contributed by atoms with Crippen LogP contribution in [0.4, 0.5) is 5.69 Å². The molecule has 10 heteroatoms. The average Bonchev–Trinajstić information content (AvgIpc) is 2.73. The number of carboxylic acid groups (broad SMARTS) is 1. The number of carboxylic acids is 1. The second kappa shape index (κ2) is 5.60. The third kappa shape index (κ3) is 3.16. The molecular weight excluding hydrogens is 324 g/mol. The van der Waals surface area contributed by atoms with Crippen LogP contribution in [0.2, 0.25) is 5.02 Å². The van der Waals surface area contributed by atoms with Gasteiger partial charge in [-0.05, 0) is 17.7 Å². The number of carbonyl (C=O) groups excluding carboxylic acids is 1. The van der Waals surface area contributed by atoms with Gasteiger partial charge in [0.05, 0.1) is 18.1 Å². The minimum Gasteiger partial charge on any atom is -0.480 e. The van der Waals surface area contributed by atoms with E-state index < -0.39 is 28.6 Å². The van der Waals surface area contributed by atoms with Crippen LogP contribution in [0.25, 0.3) is 0 Å². The van der Waals surface area contributed by atoms with Crippen molar-refractivity contribution in [3.63, 3.8) is 0 Å². The second-order valence-corrected chi connectivity index (χ2v) is 6.45. The molecule has 0 spiro atoms. The number of aliphatic hydroxyl groups is 1. The van der Waals surface area contributed by atoms with E-state index in [2.05, 4.69) is 5.32 Å². The lowest BCUT2D eigenvalue weighted by Gasteiger charge is -2.14. The van der Waals surface area contributed by atoms with Crippen LogP contribution in [0.1, 0.15) is 5.56 Å². The lowest BCUT2D eigenvalue weighted by atomic mass is 10.2. The molecule has 1 aromatic rings. The van der Waals surface area contributed by atoms with E-state index in [-0.39, 0.29) is 22.2 Å². The monoisotopic (exact) mass is 334 g/mol. The van der Waals surface area contributed by atoms with Crippen molar-refractivity contribution < 1.29 is 28.2 Å². The molecule has 1 heterocycles. The first-order valence-electron chi connectivity index (χ1n) is 5.73. The van der Waals surface area contributed by atoms with Crippen molar-refractivity contribution in [1.29, 1.82) is 0 Å². The highest BCUT2D eigenvalue weighted by atomic mass is 35.5. The first-order chi connectivity index (χ1) is 9.74. The molecule has 4 N–H and O–H groups in total. The van der Waals surface area contributed by atoms with Gasteiger partial charge in [0.2, 0.25) is 15.9 Å². The van der Waals surface area contributed by atoms with E-state index in [0.717, 1.165) is 0 Å². The number of aliphatic hydroxyl groups excluding tert-OH is 1. The molecule has 1 aliphatic heterocycles. The van der Waals surface area contributed by atoms with Gasteiger partial charge >= 0.3 is 5.97 Å². The zero-order chi connectivity index (χ0) is 15.8. The number of benzene rings is 1. The van der Waals surface area contributed by atoms with Crippen LogP contribution in [0.15, 0.2) is 17.0 Å². The number of nitrogens with one attached hydrogen (secondary N) is 2. The predicted octanol–water partition coefficient (Wildman–Crippen LogP) is -0.442. The third-order valence-corrected chi connectivity index (χ3v) is 4.79. The van der Waals surface area contributed by atoms with Crippen molar-refractivity contribution >= 4 is 39.2 Å². The summed E-state index contributed by atoms with van der Waals surface area (Å²) in [5, 5.41) is 20.0. The number of hydrogen-bond acceptors (Lipinski definition) is 5. The molecule has 1 atom stereocenters. The van der Waals surface area contributed by atoms with Gasteiger partial charge < -0.3 is 15.5 Å². The predicted molar refractivity (Wildman–Crippen MR) is 72.6 cm³/mol. The van der Waals surface area contributed by atoms with E-state index in [1.165, 1.54) is 12.1 Å². The van der Waals surface area contributed by atoms with Gasteiger partial charge in [-0.25, -0.2) is 8.42 Å². The number of hydrogen-bond donors (Lipinski definition) is 4. The van der Waals surface area contributed by atoms with Crippen LogP contribution in [-0.4, -0.2) is 43.2 Å². The van der Waals surface area contributed by atoms with Crippen molar-refractivity contribution in [1.82, 2.24) is 4.72 Å². The summed E-state index contributed by atoms with van der Waals surface area (Å²) in [6.07, 6.45) is 0.0113. The minimum atomic E-state index is -4.25. The van der Waals surface area contributed by atoms with E-state index in [9.17, 15) is 18.0 Å². The van der Waals surface area contributed by atoms with Crippen molar-refractivity contribution in [2.75, 3.05) is 11.9 Å². The molecule has 0 saturated carbocycles. The van der Waals surface area contributed by atoms with Gasteiger partial charge in [0.25, 0.3) is 0 Å². The topological polar surface area (TPSA) is 133 Å². The van der Waals surface area contributed by atoms with Crippen molar-refractivity contribution in [2.24, 2.45) is 0 Å². The van der Waals surface area contributed by atoms with E-state index in [1.54, 1.807) is 0 Å². The van der Waals surface area contributed by atoms with Gasteiger partial charge in [0.15, 0.2) is 0 Å². The fraction of sp³-hybridized carbons (Fsp3) is 0.273. The summed E-state index contributed by atoms with van der Waals surface area (Å²) in [5.74, 6) is -1.81. The summed E-state index contributed by atoms with van der Waals surface area (Å²) in [7, 11) is -4.25. The Kier molecular flexibility index (Phi) is 4.19. The lowest BCUT2D eigenvalue weighted by molar-refractivity contribution is -0.139. The van der Waals surface area contributed by atoms with E-state index >= 15 is 0 Å². The molecule has 0 aliphatic carbocycles. The number of amides is 1. The summed E-state index contributed by atoms with van der Waals surface area (Å²) < 4.78 is 26.1. The molecular formula is C11H11ClN2O6S. The normalized spacial score (nSPS) is 15.4. The number of carbonyl (C=O) groups is 2. The Morgan fingerprint density at radius 1 is 1.48 bits per heavy atom. The number of fused-ring (bicyclic) bond motifs is 1. The Hall–Kier alpha value is -1.68. The van der Waals surface area contributed by atoms with Crippen molar-refractivity contribution in [3.8, 4) is 0 Å². The Morgan fingerprint density at radius 3 is 2.71 bits per heavy atom. The summed E-state index contributed by atoms with van der Waals surface area (Å²) in [6.45, 7) is -0.906. The van der Waals surface area contributed by atoms with Gasteiger partial charge in [-0.1, -0.05) is 11.6 Å². The van der Waals surface area contributed by atoms with Crippen LogP contribution in [0, 0.1) is 0 Å². The smallest absolute Gasteiger partial charge is 0.324 e. The Morgan fingerprint density at radius 2 is 2.14 bits per heavy atom. The SMILES string of the molecule is O=C1Cc2cc(S(=O)(=O)NC(CO)C(=O)O)c(Cl)cc2N1. The second-order valence-electron chi connectivity index (χ2n) is 4.36. The zero-order valence-corrected chi connectivity index (χ0v) is 12.0. The quantitative estimate of drug-likeness (QED) is 0.577.